The zero-order valence-corrected chi connectivity index (χ0v) is 18.3. The number of aliphatic carboxylic acids is 4. The van der Waals surface area contributed by atoms with Gasteiger partial charge in [0.05, 0.1) is 5.69 Å². The lowest BCUT2D eigenvalue weighted by Crippen LogP contribution is -2.31. The van der Waals surface area contributed by atoms with Crippen molar-refractivity contribution >= 4 is 46.5 Å². The van der Waals surface area contributed by atoms with Crippen molar-refractivity contribution in [2.45, 2.75) is 18.1 Å². The first-order valence-corrected chi connectivity index (χ1v) is 10.6. The van der Waals surface area contributed by atoms with Crippen LogP contribution in [0.2, 0.25) is 0 Å². The van der Waals surface area contributed by atoms with Crippen molar-refractivity contribution in [3.63, 3.8) is 0 Å². The lowest BCUT2D eigenvalue weighted by molar-refractivity contribution is -0.134. The summed E-state index contributed by atoms with van der Waals surface area (Å²) in [6, 6.07) is 8.40. The van der Waals surface area contributed by atoms with Crippen molar-refractivity contribution in [2.75, 3.05) is 13.1 Å². The maximum atomic E-state index is 9.55. The van der Waals surface area contributed by atoms with Gasteiger partial charge in [-0.1, -0.05) is 30.0 Å². The molecule has 1 atom stereocenters. The van der Waals surface area contributed by atoms with Gasteiger partial charge in [-0.2, -0.15) is 0 Å². The highest BCUT2D eigenvalue weighted by Gasteiger charge is 2.30. The van der Waals surface area contributed by atoms with E-state index in [9.17, 15) is 19.2 Å². The van der Waals surface area contributed by atoms with E-state index < -0.39 is 23.9 Å². The van der Waals surface area contributed by atoms with E-state index in [1.54, 1.807) is 11.8 Å². The Morgan fingerprint density at radius 3 is 1.79 bits per heavy atom. The number of rotatable bonds is 5. The number of aliphatic imine (C=N–C) groups is 1. The number of hydrogen-bond donors (Lipinski definition) is 6. The van der Waals surface area contributed by atoms with Crippen LogP contribution in [0.4, 0.5) is 5.69 Å². The smallest absolute Gasteiger partial charge is 0.328 e. The maximum Gasteiger partial charge on any atom is 0.328 e. The van der Waals surface area contributed by atoms with E-state index in [0.717, 1.165) is 24.7 Å². The number of benzene rings is 1. The zero-order chi connectivity index (χ0) is 24.8. The van der Waals surface area contributed by atoms with Crippen LogP contribution in [0.15, 0.2) is 53.6 Å². The van der Waals surface area contributed by atoms with Gasteiger partial charge in [-0.15, -0.1) is 0 Å². The van der Waals surface area contributed by atoms with Crippen molar-refractivity contribution in [1.29, 1.82) is 0 Å². The third-order valence-electron chi connectivity index (χ3n) is 4.27. The average Bonchev–Trinajstić information content (AvgIpc) is 2.77. The highest BCUT2D eigenvalue weighted by Crippen LogP contribution is 2.46. The maximum absolute atomic E-state index is 9.55. The molecule has 7 N–H and O–H groups in total. The Hall–Kier alpha value is -3.64. The molecule has 0 bridgehead atoms. The molecule has 12 heteroatoms. The number of para-hydroxylation sites is 1. The molecule has 2 heterocycles. The SMILES string of the molecule is NC1=Nc2ccccc2C(C2CCNCC2)S1.O=C(O)/C=C/C(=O)O.O=C(O)/C=C/C(=O)O. The Kier molecular flexibility index (Phi) is 12.0. The summed E-state index contributed by atoms with van der Waals surface area (Å²) in [5.74, 6) is -4.31. The van der Waals surface area contributed by atoms with Gasteiger partial charge in [-0.25, -0.2) is 24.2 Å². The fraction of sp³-hybridized carbons (Fsp3) is 0.286. The molecule has 0 saturated carbocycles. The van der Waals surface area contributed by atoms with Gasteiger partial charge in [0.1, 0.15) is 0 Å². The predicted octanol–water partition coefficient (Wildman–Crippen LogP) is 1.84. The Labute approximate surface area is 193 Å². The normalized spacial score (nSPS) is 17.6. The summed E-state index contributed by atoms with van der Waals surface area (Å²) in [6.45, 7) is 2.25. The number of piperidine rings is 1. The second-order valence-corrected chi connectivity index (χ2v) is 7.82. The molecule has 2 aliphatic heterocycles. The van der Waals surface area contributed by atoms with Gasteiger partial charge >= 0.3 is 23.9 Å². The first kappa shape index (κ1) is 27.4. The first-order chi connectivity index (χ1) is 15.6. The van der Waals surface area contributed by atoms with Crippen LogP contribution in [0.25, 0.3) is 0 Å². The fourth-order valence-electron chi connectivity index (χ4n) is 2.95. The fourth-order valence-corrected chi connectivity index (χ4v) is 4.15. The molecule has 3 rings (SSSR count). The Morgan fingerprint density at radius 2 is 1.33 bits per heavy atom. The summed E-state index contributed by atoms with van der Waals surface area (Å²) in [7, 11) is 0. The molecular formula is C21H25N3O8S. The minimum Gasteiger partial charge on any atom is -0.478 e. The minimum absolute atomic E-state index is 0.491. The summed E-state index contributed by atoms with van der Waals surface area (Å²) in [5, 5.41) is 35.9. The molecule has 2 aliphatic rings. The van der Waals surface area contributed by atoms with Crippen LogP contribution in [0, 0.1) is 5.92 Å². The lowest BCUT2D eigenvalue weighted by Gasteiger charge is -2.32. The molecule has 1 aromatic carbocycles. The molecule has 0 aliphatic carbocycles. The molecule has 1 fully saturated rings. The minimum atomic E-state index is -1.26. The number of fused-ring (bicyclic) bond motifs is 1. The second kappa shape index (κ2) is 14.4. The first-order valence-electron chi connectivity index (χ1n) is 9.68. The van der Waals surface area contributed by atoms with Crippen molar-refractivity contribution in [1.82, 2.24) is 5.32 Å². The topological polar surface area (TPSA) is 200 Å². The molecule has 11 nitrogen and oxygen atoms in total. The zero-order valence-electron chi connectivity index (χ0n) is 17.5. The second-order valence-electron chi connectivity index (χ2n) is 6.65. The van der Waals surface area contributed by atoms with E-state index in [-0.39, 0.29) is 0 Å². The van der Waals surface area contributed by atoms with Crippen LogP contribution in [0.1, 0.15) is 23.7 Å². The lowest BCUT2D eigenvalue weighted by atomic mass is 9.89. The Morgan fingerprint density at radius 1 is 0.879 bits per heavy atom. The molecule has 1 aromatic rings. The number of carboxylic acid groups (broad SMARTS) is 4. The van der Waals surface area contributed by atoms with Gasteiger partial charge < -0.3 is 31.5 Å². The molecule has 0 aromatic heterocycles. The monoisotopic (exact) mass is 479 g/mol. The van der Waals surface area contributed by atoms with E-state index in [1.807, 2.05) is 6.07 Å². The summed E-state index contributed by atoms with van der Waals surface area (Å²) < 4.78 is 0. The van der Waals surface area contributed by atoms with E-state index in [2.05, 4.69) is 28.5 Å². The number of nitrogens with one attached hydrogen (secondary N) is 1. The van der Waals surface area contributed by atoms with Crippen LogP contribution in [-0.4, -0.2) is 62.6 Å². The molecule has 0 radical (unpaired) electrons. The summed E-state index contributed by atoms with van der Waals surface area (Å²) >= 11 is 1.74. The van der Waals surface area contributed by atoms with E-state index >= 15 is 0 Å². The predicted molar refractivity (Wildman–Crippen MR) is 122 cm³/mol. The molecule has 0 amide bonds. The molecular weight excluding hydrogens is 454 g/mol. The van der Waals surface area contributed by atoms with Crippen LogP contribution >= 0.6 is 11.8 Å². The highest BCUT2D eigenvalue weighted by molar-refractivity contribution is 8.14. The van der Waals surface area contributed by atoms with Gasteiger partial charge in [-0.05, 0) is 43.5 Å². The standard InChI is InChI=1S/C13H17N3S.2C4H4O4/c14-13-16-11-4-2-1-3-10(11)12(17-13)9-5-7-15-8-6-9;2*5-3(6)1-2-4(7)8/h1-4,9,12,15H,5-8H2,(H2,14,16);2*1-2H,(H,5,6)(H,7,8)/b;2*2-1+. The van der Waals surface area contributed by atoms with Crippen molar-refractivity contribution < 1.29 is 39.6 Å². The Bertz CT molecular complexity index is 873. The van der Waals surface area contributed by atoms with Crippen LogP contribution in [0.3, 0.4) is 0 Å². The van der Waals surface area contributed by atoms with Crippen molar-refractivity contribution in [2.24, 2.45) is 16.6 Å². The van der Waals surface area contributed by atoms with Crippen LogP contribution in [0.5, 0.6) is 0 Å². The van der Waals surface area contributed by atoms with Crippen LogP contribution in [-0.2, 0) is 19.2 Å². The number of carbonyl (C=O) groups is 4. The number of nitrogens with two attached hydrogens (primary N) is 1. The molecule has 0 spiro atoms. The number of hydrogen-bond acceptors (Lipinski definition) is 8. The quantitative estimate of drug-likeness (QED) is 0.337. The largest absolute Gasteiger partial charge is 0.478 e. The number of thioether (sulfide) groups is 1. The number of nitrogens with zero attached hydrogens (tertiary/aromatic N) is 1. The summed E-state index contributed by atoms with van der Waals surface area (Å²) in [5.41, 5.74) is 8.37. The average molecular weight is 480 g/mol. The summed E-state index contributed by atoms with van der Waals surface area (Å²) in [4.78, 5) is 42.6. The van der Waals surface area contributed by atoms with Crippen molar-refractivity contribution in [3.8, 4) is 0 Å². The molecule has 1 unspecified atom stereocenters. The van der Waals surface area contributed by atoms with Gasteiger partial charge in [0, 0.05) is 29.6 Å². The summed E-state index contributed by atoms with van der Waals surface area (Å²) in [6.07, 6.45) is 4.70. The van der Waals surface area contributed by atoms with E-state index in [4.69, 9.17) is 26.2 Å². The Balaban J connectivity index is 0.000000288. The third-order valence-corrected chi connectivity index (χ3v) is 5.50. The van der Waals surface area contributed by atoms with Gasteiger partial charge in [0.15, 0.2) is 5.17 Å². The number of carboxylic acids is 4. The number of amidine groups is 1. The molecule has 178 valence electrons. The third kappa shape index (κ3) is 11.5. The van der Waals surface area contributed by atoms with E-state index in [1.165, 1.54) is 18.4 Å². The van der Waals surface area contributed by atoms with Gasteiger partial charge in [0.25, 0.3) is 0 Å². The molecule has 33 heavy (non-hydrogen) atoms. The van der Waals surface area contributed by atoms with E-state index in [0.29, 0.717) is 34.7 Å². The highest BCUT2D eigenvalue weighted by atomic mass is 32.2. The van der Waals surface area contributed by atoms with Gasteiger partial charge in [-0.3, -0.25) is 0 Å². The van der Waals surface area contributed by atoms with Gasteiger partial charge in [0.2, 0.25) is 0 Å². The molecule has 1 saturated heterocycles. The van der Waals surface area contributed by atoms with Crippen LogP contribution < -0.4 is 11.1 Å². The van der Waals surface area contributed by atoms with Crippen molar-refractivity contribution in [3.05, 3.63) is 54.1 Å².